The summed E-state index contributed by atoms with van der Waals surface area (Å²) in [5.74, 6) is 5.34. The number of hydrogen-bond acceptors (Lipinski definition) is 3. The van der Waals surface area contributed by atoms with Crippen LogP contribution in [-0.2, 0) is 11.2 Å². The van der Waals surface area contributed by atoms with E-state index < -0.39 is 0 Å². The number of methoxy groups -OCH3 is 1. The first-order valence-electron chi connectivity index (χ1n) is 5.92. The lowest BCUT2D eigenvalue weighted by molar-refractivity contribution is -0.0288. The smallest absolute Gasteiger partial charge is 0.137 e. The summed E-state index contributed by atoms with van der Waals surface area (Å²) in [6, 6.07) is 4.90. The van der Waals surface area contributed by atoms with E-state index >= 15 is 0 Å². The average molecular weight is 319 g/mol. The number of rotatable bonds is 6. The molecule has 3 nitrogen and oxygen atoms in total. The number of ether oxygens (including phenoxy) is 1. The third-order valence-corrected chi connectivity index (χ3v) is 4.45. The lowest BCUT2D eigenvalue weighted by atomic mass is 9.88. The minimum atomic E-state index is -0.388. The third kappa shape index (κ3) is 3.29. The van der Waals surface area contributed by atoms with E-state index in [9.17, 15) is 4.39 Å². The van der Waals surface area contributed by atoms with Crippen LogP contribution in [0.25, 0.3) is 0 Å². The Kier molecular flexibility index (Phi) is 5.72. The molecule has 0 amide bonds. The summed E-state index contributed by atoms with van der Waals surface area (Å²) in [5, 5.41) is 0. The molecule has 0 aliphatic heterocycles. The molecule has 1 aromatic rings. The normalized spacial score (nSPS) is 16.3. The monoisotopic (exact) mass is 318 g/mol. The Balaban J connectivity index is 2.96. The molecule has 0 saturated heterocycles. The predicted octanol–water partition coefficient (Wildman–Crippen LogP) is 2.78. The number of benzene rings is 1. The van der Waals surface area contributed by atoms with Crippen molar-refractivity contribution in [1.82, 2.24) is 5.43 Å². The highest BCUT2D eigenvalue weighted by atomic mass is 79.9. The van der Waals surface area contributed by atoms with Gasteiger partial charge in [-0.3, -0.25) is 11.3 Å². The minimum absolute atomic E-state index is 0.0920. The van der Waals surface area contributed by atoms with Gasteiger partial charge in [-0.2, -0.15) is 0 Å². The maximum atomic E-state index is 13.5. The Hall–Kier alpha value is -0.490. The van der Waals surface area contributed by atoms with Gasteiger partial charge in [-0.05, 0) is 47.3 Å². The molecule has 2 atom stereocenters. The van der Waals surface area contributed by atoms with Gasteiger partial charge in [0.1, 0.15) is 5.82 Å². The van der Waals surface area contributed by atoms with E-state index in [2.05, 4.69) is 21.4 Å². The van der Waals surface area contributed by atoms with Crippen LogP contribution in [-0.4, -0.2) is 18.8 Å². The predicted molar refractivity (Wildman–Crippen MR) is 74.6 cm³/mol. The molecular weight excluding hydrogens is 299 g/mol. The molecule has 1 rings (SSSR count). The summed E-state index contributed by atoms with van der Waals surface area (Å²) in [7, 11) is 1.66. The Morgan fingerprint density at radius 1 is 1.56 bits per heavy atom. The molecule has 2 unspecified atom stereocenters. The number of hydrazine groups is 1. The van der Waals surface area contributed by atoms with Crippen molar-refractivity contribution >= 4 is 15.9 Å². The van der Waals surface area contributed by atoms with Gasteiger partial charge in [0, 0.05) is 7.11 Å². The second-order valence-corrected chi connectivity index (χ2v) is 5.30. The van der Waals surface area contributed by atoms with Crippen LogP contribution in [0.5, 0.6) is 0 Å². The van der Waals surface area contributed by atoms with Gasteiger partial charge in [0.2, 0.25) is 0 Å². The lowest BCUT2D eigenvalue weighted by Gasteiger charge is -2.35. The Morgan fingerprint density at radius 3 is 2.72 bits per heavy atom. The number of hydrogen-bond donors (Lipinski definition) is 2. The van der Waals surface area contributed by atoms with E-state index in [-0.39, 0.29) is 17.5 Å². The maximum Gasteiger partial charge on any atom is 0.137 e. The van der Waals surface area contributed by atoms with E-state index in [1.807, 2.05) is 19.9 Å². The van der Waals surface area contributed by atoms with Gasteiger partial charge in [-0.15, -0.1) is 0 Å². The zero-order chi connectivity index (χ0) is 13.8. The molecule has 0 bridgehead atoms. The molecule has 0 aromatic heterocycles. The molecule has 1 aromatic carbocycles. The van der Waals surface area contributed by atoms with Crippen molar-refractivity contribution in [1.29, 1.82) is 0 Å². The topological polar surface area (TPSA) is 47.3 Å². The molecule has 0 spiro atoms. The van der Waals surface area contributed by atoms with Crippen LogP contribution in [0.3, 0.4) is 0 Å². The van der Waals surface area contributed by atoms with Gasteiger partial charge in [0.15, 0.2) is 0 Å². The summed E-state index contributed by atoms with van der Waals surface area (Å²) >= 11 is 3.26. The van der Waals surface area contributed by atoms with Crippen LogP contribution in [0, 0.1) is 5.82 Å². The molecule has 0 aliphatic rings. The highest BCUT2D eigenvalue weighted by Gasteiger charge is 2.32. The molecule has 102 valence electrons. The highest BCUT2D eigenvalue weighted by molar-refractivity contribution is 9.10. The first kappa shape index (κ1) is 15.6. The first-order valence-corrected chi connectivity index (χ1v) is 6.72. The van der Waals surface area contributed by atoms with Crippen LogP contribution in [0.2, 0.25) is 0 Å². The van der Waals surface area contributed by atoms with E-state index in [1.54, 1.807) is 13.2 Å². The fourth-order valence-electron chi connectivity index (χ4n) is 1.91. The molecule has 0 heterocycles. The van der Waals surface area contributed by atoms with E-state index in [1.165, 1.54) is 6.07 Å². The van der Waals surface area contributed by atoms with Gasteiger partial charge in [-0.25, -0.2) is 4.39 Å². The number of nitrogens with one attached hydrogen (secondary N) is 1. The first-order chi connectivity index (χ1) is 8.48. The lowest BCUT2D eigenvalue weighted by Crippen LogP contribution is -2.53. The van der Waals surface area contributed by atoms with Crippen LogP contribution in [0.1, 0.15) is 25.8 Å². The van der Waals surface area contributed by atoms with E-state index in [4.69, 9.17) is 10.6 Å². The fraction of sp³-hybridized carbons (Fsp3) is 0.538. The second-order valence-electron chi connectivity index (χ2n) is 4.51. The molecule has 3 N–H and O–H groups in total. The highest BCUT2D eigenvalue weighted by Crippen LogP contribution is 2.26. The zero-order valence-corrected chi connectivity index (χ0v) is 12.6. The molecule has 0 fully saturated rings. The second kappa shape index (κ2) is 6.61. The van der Waals surface area contributed by atoms with Gasteiger partial charge < -0.3 is 4.74 Å². The molecule has 18 heavy (non-hydrogen) atoms. The van der Waals surface area contributed by atoms with Crippen molar-refractivity contribution in [3.63, 3.8) is 0 Å². The van der Waals surface area contributed by atoms with Crippen LogP contribution in [0.4, 0.5) is 4.39 Å². The third-order valence-electron chi connectivity index (χ3n) is 3.56. The molecule has 0 aliphatic carbocycles. The van der Waals surface area contributed by atoms with Crippen molar-refractivity contribution in [2.45, 2.75) is 38.3 Å². The van der Waals surface area contributed by atoms with Gasteiger partial charge >= 0.3 is 0 Å². The fourth-order valence-corrected chi connectivity index (χ4v) is 2.34. The van der Waals surface area contributed by atoms with Gasteiger partial charge in [0.05, 0.1) is 16.1 Å². The van der Waals surface area contributed by atoms with Crippen molar-refractivity contribution in [3.8, 4) is 0 Å². The van der Waals surface area contributed by atoms with Crippen LogP contribution >= 0.6 is 15.9 Å². The van der Waals surface area contributed by atoms with Crippen molar-refractivity contribution < 1.29 is 9.13 Å². The molecule has 0 radical (unpaired) electrons. The molecule has 0 saturated carbocycles. The molecule has 5 heteroatoms. The largest absolute Gasteiger partial charge is 0.377 e. The van der Waals surface area contributed by atoms with Crippen molar-refractivity contribution in [2.75, 3.05) is 7.11 Å². The maximum absolute atomic E-state index is 13.5. The summed E-state index contributed by atoms with van der Waals surface area (Å²) in [6.07, 6.45) is 1.40. The Morgan fingerprint density at radius 2 is 2.22 bits per heavy atom. The summed E-state index contributed by atoms with van der Waals surface area (Å²) in [5.41, 5.74) is 3.25. The quantitative estimate of drug-likeness (QED) is 0.626. The average Bonchev–Trinajstić information content (AvgIpc) is 2.39. The van der Waals surface area contributed by atoms with Crippen molar-refractivity contribution in [2.24, 2.45) is 5.84 Å². The summed E-state index contributed by atoms with van der Waals surface area (Å²) in [6.45, 7) is 4.03. The van der Waals surface area contributed by atoms with Crippen LogP contribution < -0.4 is 11.3 Å². The molecular formula is C13H20BrFN2O. The Labute approximate surface area is 116 Å². The van der Waals surface area contributed by atoms with E-state index in [0.717, 1.165) is 12.0 Å². The Bertz CT molecular complexity index is 397. The van der Waals surface area contributed by atoms with E-state index in [0.29, 0.717) is 10.9 Å². The van der Waals surface area contributed by atoms with Crippen molar-refractivity contribution in [3.05, 3.63) is 34.1 Å². The number of nitrogens with two attached hydrogens (primary N) is 1. The zero-order valence-electron chi connectivity index (χ0n) is 11.0. The SMILES string of the molecule is CCC(C)(OC)C(Cc1cccc(F)c1Br)NN. The summed E-state index contributed by atoms with van der Waals surface area (Å²) in [4.78, 5) is 0. The van der Waals surface area contributed by atoms with Gasteiger partial charge in [0.25, 0.3) is 0 Å². The number of halogens is 2. The van der Waals surface area contributed by atoms with Gasteiger partial charge in [-0.1, -0.05) is 19.1 Å². The van der Waals surface area contributed by atoms with Crippen LogP contribution in [0.15, 0.2) is 22.7 Å². The minimum Gasteiger partial charge on any atom is -0.377 e. The summed E-state index contributed by atoms with van der Waals surface area (Å²) < 4.78 is 19.5. The standard InChI is InChI=1S/C13H20BrFN2O/c1-4-13(2,18-3)11(17-16)8-9-6-5-7-10(15)12(9)14/h5-7,11,17H,4,8,16H2,1-3H3.